The SMILES string of the molecule is CNC(C)CNC(=O)CCn1cnc2c(C)cccc2c1=O.Cl. The lowest BCUT2D eigenvalue weighted by Gasteiger charge is -2.12. The monoisotopic (exact) mass is 338 g/mol. The van der Waals surface area contributed by atoms with Crippen molar-refractivity contribution in [3.63, 3.8) is 0 Å². The zero-order valence-electron chi connectivity index (χ0n) is 13.6. The lowest BCUT2D eigenvalue weighted by atomic mass is 10.1. The standard InChI is InChI=1S/C16H22N4O2.ClH/c1-11-5-4-6-13-15(11)19-10-20(16(13)22)8-7-14(21)18-9-12(2)17-3;/h4-6,10,12,17H,7-9H2,1-3H3,(H,18,21);1H. The molecule has 0 saturated heterocycles. The Labute approximate surface area is 141 Å². The van der Waals surface area contributed by atoms with Gasteiger partial charge in [0.1, 0.15) is 0 Å². The molecule has 2 N–H and O–H groups in total. The van der Waals surface area contributed by atoms with Gasteiger partial charge in [0.15, 0.2) is 0 Å². The van der Waals surface area contributed by atoms with Gasteiger partial charge in [0.2, 0.25) is 5.91 Å². The number of rotatable bonds is 6. The van der Waals surface area contributed by atoms with Crippen LogP contribution in [0.3, 0.4) is 0 Å². The second kappa shape index (κ2) is 8.64. The van der Waals surface area contributed by atoms with E-state index in [1.807, 2.05) is 33.0 Å². The Kier molecular flexibility index (Phi) is 7.19. The third kappa shape index (κ3) is 4.77. The summed E-state index contributed by atoms with van der Waals surface area (Å²) in [5, 5.41) is 6.47. The number of likely N-dealkylation sites (N-methyl/N-ethyl adjacent to an activating group) is 1. The highest BCUT2D eigenvalue weighted by Crippen LogP contribution is 2.11. The van der Waals surface area contributed by atoms with Gasteiger partial charge in [-0.3, -0.25) is 14.2 Å². The number of carbonyl (C=O) groups excluding carboxylic acids is 1. The third-order valence-corrected chi connectivity index (χ3v) is 3.73. The molecule has 1 aromatic carbocycles. The van der Waals surface area contributed by atoms with E-state index in [0.29, 0.717) is 18.5 Å². The van der Waals surface area contributed by atoms with Crippen LogP contribution in [0.2, 0.25) is 0 Å². The molecule has 0 bridgehead atoms. The minimum Gasteiger partial charge on any atom is -0.354 e. The summed E-state index contributed by atoms with van der Waals surface area (Å²) in [7, 11) is 1.85. The van der Waals surface area contributed by atoms with Crippen molar-refractivity contribution < 1.29 is 4.79 Å². The maximum Gasteiger partial charge on any atom is 0.261 e. The van der Waals surface area contributed by atoms with E-state index in [1.54, 1.807) is 6.07 Å². The van der Waals surface area contributed by atoms with Crippen LogP contribution in [-0.4, -0.2) is 35.1 Å². The number of benzene rings is 1. The Balaban J connectivity index is 0.00000264. The van der Waals surface area contributed by atoms with E-state index < -0.39 is 0 Å². The van der Waals surface area contributed by atoms with Crippen LogP contribution in [0.4, 0.5) is 0 Å². The summed E-state index contributed by atoms with van der Waals surface area (Å²) < 4.78 is 1.49. The van der Waals surface area contributed by atoms with Crippen LogP contribution in [0.5, 0.6) is 0 Å². The van der Waals surface area contributed by atoms with Gasteiger partial charge in [-0.1, -0.05) is 12.1 Å². The molecular formula is C16H23ClN4O2. The van der Waals surface area contributed by atoms with Gasteiger partial charge in [0.05, 0.1) is 17.2 Å². The molecule has 6 nitrogen and oxygen atoms in total. The number of carbonyl (C=O) groups is 1. The molecular weight excluding hydrogens is 316 g/mol. The molecule has 0 spiro atoms. The number of amides is 1. The number of fused-ring (bicyclic) bond motifs is 1. The Bertz CT molecular complexity index is 730. The normalized spacial score (nSPS) is 11.8. The van der Waals surface area contributed by atoms with E-state index >= 15 is 0 Å². The number of nitrogens with zero attached hydrogens (tertiary/aromatic N) is 2. The average Bonchev–Trinajstić information content (AvgIpc) is 2.52. The molecule has 7 heteroatoms. The molecule has 2 rings (SSSR count). The molecule has 0 fully saturated rings. The molecule has 0 aliphatic carbocycles. The Morgan fingerprint density at radius 1 is 1.39 bits per heavy atom. The van der Waals surface area contributed by atoms with Crippen LogP contribution in [-0.2, 0) is 11.3 Å². The number of hydrogen-bond acceptors (Lipinski definition) is 4. The van der Waals surface area contributed by atoms with Crippen molar-refractivity contribution >= 4 is 29.2 Å². The maximum absolute atomic E-state index is 12.4. The minimum absolute atomic E-state index is 0. The fraction of sp³-hybridized carbons (Fsp3) is 0.438. The smallest absolute Gasteiger partial charge is 0.261 e. The van der Waals surface area contributed by atoms with Crippen molar-refractivity contribution in [2.45, 2.75) is 32.9 Å². The van der Waals surface area contributed by atoms with Crippen LogP contribution in [0.15, 0.2) is 29.3 Å². The van der Waals surface area contributed by atoms with Crippen LogP contribution < -0.4 is 16.2 Å². The lowest BCUT2D eigenvalue weighted by molar-refractivity contribution is -0.121. The lowest BCUT2D eigenvalue weighted by Crippen LogP contribution is -2.37. The van der Waals surface area contributed by atoms with Crippen molar-refractivity contribution in [1.29, 1.82) is 0 Å². The summed E-state index contributed by atoms with van der Waals surface area (Å²) in [6, 6.07) is 5.76. The molecule has 1 amide bonds. The van der Waals surface area contributed by atoms with Gasteiger partial charge in [-0.05, 0) is 32.5 Å². The van der Waals surface area contributed by atoms with Gasteiger partial charge < -0.3 is 10.6 Å². The van der Waals surface area contributed by atoms with Crippen molar-refractivity contribution in [3.05, 3.63) is 40.4 Å². The highest BCUT2D eigenvalue weighted by molar-refractivity contribution is 5.85. The first-order valence-electron chi connectivity index (χ1n) is 7.41. The van der Waals surface area contributed by atoms with Gasteiger partial charge in [-0.25, -0.2) is 4.98 Å². The van der Waals surface area contributed by atoms with Gasteiger partial charge in [-0.2, -0.15) is 0 Å². The molecule has 2 aromatic rings. The van der Waals surface area contributed by atoms with E-state index in [1.165, 1.54) is 10.9 Å². The highest BCUT2D eigenvalue weighted by atomic mass is 35.5. The first kappa shape index (κ1) is 19.1. The number of para-hydroxylation sites is 1. The summed E-state index contributed by atoms with van der Waals surface area (Å²) in [5.74, 6) is -0.0710. The zero-order valence-corrected chi connectivity index (χ0v) is 14.4. The van der Waals surface area contributed by atoms with E-state index in [-0.39, 0.29) is 36.3 Å². The molecule has 23 heavy (non-hydrogen) atoms. The number of halogens is 1. The predicted octanol–water partition coefficient (Wildman–Crippen LogP) is 1.24. The third-order valence-electron chi connectivity index (χ3n) is 3.73. The molecule has 0 aliphatic rings. The average molecular weight is 339 g/mol. The molecule has 0 radical (unpaired) electrons. The number of hydrogen-bond donors (Lipinski definition) is 2. The van der Waals surface area contributed by atoms with E-state index in [0.717, 1.165) is 11.1 Å². The van der Waals surface area contributed by atoms with Crippen LogP contribution in [0.25, 0.3) is 10.9 Å². The first-order valence-corrected chi connectivity index (χ1v) is 7.41. The Hall–Kier alpha value is -1.92. The Morgan fingerprint density at radius 2 is 2.13 bits per heavy atom. The molecule has 126 valence electrons. The van der Waals surface area contributed by atoms with E-state index in [2.05, 4.69) is 15.6 Å². The molecule has 1 atom stereocenters. The van der Waals surface area contributed by atoms with Gasteiger partial charge in [0, 0.05) is 25.6 Å². The second-order valence-corrected chi connectivity index (χ2v) is 5.46. The van der Waals surface area contributed by atoms with Crippen molar-refractivity contribution in [1.82, 2.24) is 20.2 Å². The van der Waals surface area contributed by atoms with Gasteiger partial charge in [0.25, 0.3) is 5.56 Å². The summed E-state index contributed by atoms with van der Waals surface area (Å²) in [6.45, 7) is 4.81. The number of nitrogens with one attached hydrogen (secondary N) is 2. The minimum atomic E-state index is -0.106. The van der Waals surface area contributed by atoms with Crippen LogP contribution >= 0.6 is 12.4 Å². The Morgan fingerprint density at radius 3 is 2.83 bits per heavy atom. The molecule has 1 unspecified atom stereocenters. The first-order chi connectivity index (χ1) is 10.5. The number of aromatic nitrogens is 2. The zero-order chi connectivity index (χ0) is 16.1. The van der Waals surface area contributed by atoms with Crippen molar-refractivity contribution in [2.24, 2.45) is 0 Å². The van der Waals surface area contributed by atoms with Crippen LogP contribution in [0.1, 0.15) is 18.9 Å². The summed E-state index contributed by atoms with van der Waals surface area (Å²) >= 11 is 0. The quantitative estimate of drug-likeness (QED) is 0.831. The summed E-state index contributed by atoms with van der Waals surface area (Å²) in [4.78, 5) is 28.5. The fourth-order valence-electron chi connectivity index (χ4n) is 2.18. The van der Waals surface area contributed by atoms with Crippen molar-refractivity contribution in [3.8, 4) is 0 Å². The summed E-state index contributed by atoms with van der Waals surface area (Å²) in [5.41, 5.74) is 1.58. The largest absolute Gasteiger partial charge is 0.354 e. The second-order valence-electron chi connectivity index (χ2n) is 5.46. The summed E-state index contributed by atoms with van der Waals surface area (Å²) in [6.07, 6.45) is 1.77. The molecule has 0 saturated carbocycles. The highest BCUT2D eigenvalue weighted by Gasteiger charge is 2.08. The predicted molar refractivity (Wildman–Crippen MR) is 94.1 cm³/mol. The van der Waals surface area contributed by atoms with Gasteiger partial charge >= 0.3 is 0 Å². The molecule has 0 aliphatic heterocycles. The fourth-order valence-corrected chi connectivity index (χ4v) is 2.18. The molecule has 1 heterocycles. The van der Waals surface area contributed by atoms with Crippen molar-refractivity contribution in [2.75, 3.05) is 13.6 Å². The van der Waals surface area contributed by atoms with E-state index in [4.69, 9.17) is 0 Å². The maximum atomic E-state index is 12.4. The van der Waals surface area contributed by atoms with E-state index in [9.17, 15) is 9.59 Å². The van der Waals surface area contributed by atoms with Crippen LogP contribution in [0, 0.1) is 6.92 Å². The molecule has 1 aromatic heterocycles. The topological polar surface area (TPSA) is 76.0 Å². The van der Waals surface area contributed by atoms with Gasteiger partial charge in [-0.15, -0.1) is 12.4 Å². The number of aryl methyl sites for hydroxylation is 2.